The van der Waals surface area contributed by atoms with Gasteiger partial charge in [-0.3, -0.25) is 4.98 Å². The van der Waals surface area contributed by atoms with Crippen LogP contribution in [0.1, 0.15) is 70.3 Å². The topological polar surface area (TPSA) is 38.9 Å². The average Bonchev–Trinajstić information content (AvgIpc) is 2.42. The highest BCUT2D eigenvalue weighted by Gasteiger charge is 2.13. The molecule has 0 spiro atoms. The minimum Gasteiger partial charge on any atom is -0.327 e. The molecule has 0 saturated heterocycles. The van der Waals surface area contributed by atoms with E-state index >= 15 is 0 Å². The largest absolute Gasteiger partial charge is 0.327 e. The summed E-state index contributed by atoms with van der Waals surface area (Å²) in [5, 5.41) is 0. The zero-order chi connectivity index (χ0) is 13.2. The minimum absolute atomic E-state index is 0.276. The Morgan fingerprint density at radius 2 is 1.67 bits per heavy atom. The van der Waals surface area contributed by atoms with Crippen LogP contribution in [0, 0.1) is 0 Å². The van der Waals surface area contributed by atoms with Crippen molar-refractivity contribution in [2.75, 3.05) is 0 Å². The highest BCUT2D eigenvalue weighted by molar-refractivity contribution is 5.16. The van der Waals surface area contributed by atoms with E-state index in [0.717, 1.165) is 6.42 Å². The summed E-state index contributed by atoms with van der Waals surface area (Å²) in [4.78, 5) is 4.05. The summed E-state index contributed by atoms with van der Waals surface area (Å²) in [6.45, 7) is 4.48. The predicted octanol–water partition coefficient (Wildman–Crippen LogP) is 4.26. The third kappa shape index (κ3) is 5.63. The zero-order valence-corrected chi connectivity index (χ0v) is 11.9. The second-order valence-electron chi connectivity index (χ2n) is 5.29. The molecule has 2 unspecified atom stereocenters. The molecule has 0 aliphatic heterocycles. The first-order chi connectivity index (χ1) is 8.75. The molecule has 2 atom stereocenters. The van der Waals surface area contributed by atoms with Gasteiger partial charge in [-0.15, -0.1) is 0 Å². The van der Waals surface area contributed by atoms with Crippen molar-refractivity contribution in [3.8, 4) is 0 Å². The maximum Gasteiger partial charge on any atom is 0.0270 e. The number of pyridine rings is 1. The van der Waals surface area contributed by atoms with Crippen LogP contribution in [0.25, 0.3) is 0 Å². The van der Waals surface area contributed by atoms with Crippen molar-refractivity contribution in [1.29, 1.82) is 0 Å². The fourth-order valence-corrected chi connectivity index (χ4v) is 2.32. The van der Waals surface area contributed by atoms with Gasteiger partial charge in [0.1, 0.15) is 0 Å². The van der Waals surface area contributed by atoms with Crippen molar-refractivity contribution < 1.29 is 0 Å². The van der Waals surface area contributed by atoms with Crippen molar-refractivity contribution in [3.05, 3.63) is 30.1 Å². The second kappa shape index (κ2) is 9.09. The van der Waals surface area contributed by atoms with E-state index in [4.69, 9.17) is 5.73 Å². The van der Waals surface area contributed by atoms with Crippen molar-refractivity contribution in [2.24, 2.45) is 5.73 Å². The molecular weight excluding hydrogens is 220 g/mol. The quantitative estimate of drug-likeness (QED) is 0.663. The summed E-state index contributed by atoms with van der Waals surface area (Å²) in [6.07, 6.45) is 12.9. The standard InChI is InChI=1S/C16H28N2/c1-3-4-5-6-7-8-9-16(17)14(2)15-10-12-18-13-11-15/h10-14,16H,3-9,17H2,1-2H3. The highest BCUT2D eigenvalue weighted by atomic mass is 14.6. The molecule has 0 bridgehead atoms. The van der Waals surface area contributed by atoms with Gasteiger partial charge < -0.3 is 5.73 Å². The number of nitrogens with zero attached hydrogens (tertiary/aromatic N) is 1. The SMILES string of the molecule is CCCCCCCCC(N)C(C)c1ccncc1. The first kappa shape index (κ1) is 15.2. The van der Waals surface area contributed by atoms with Crippen LogP contribution in [0.4, 0.5) is 0 Å². The van der Waals surface area contributed by atoms with Gasteiger partial charge in [0.2, 0.25) is 0 Å². The van der Waals surface area contributed by atoms with Crippen molar-refractivity contribution >= 4 is 0 Å². The Kier molecular flexibility index (Phi) is 7.66. The number of rotatable bonds is 9. The van der Waals surface area contributed by atoms with Gasteiger partial charge in [0, 0.05) is 18.4 Å². The zero-order valence-electron chi connectivity index (χ0n) is 11.9. The second-order valence-corrected chi connectivity index (χ2v) is 5.29. The summed E-state index contributed by atoms with van der Waals surface area (Å²) < 4.78 is 0. The van der Waals surface area contributed by atoms with Crippen LogP contribution < -0.4 is 5.73 Å². The molecular formula is C16H28N2. The first-order valence-electron chi connectivity index (χ1n) is 7.41. The molecule has 1 aromatic heterocycles. The van der Waals surface area contributed by atoms with Gasteiger partial charge in [0.15, 0.2) is 0 Å². The van der Waals surface area contributed by atoms with E-state index in [1.54, 1.807) is 0 Å². The van der Waals surface area contributed by atoms with Crippen molar-refractivity contribution in [3.63, 3.8) is 0 Å². The van der Waals surface area contributed by atoms with Crippen LogP contribution in [0.15, 0.2) is 24.5 Å². The molecule has 0 aromatic carbocycles. The molecule has 2 N–H and O–H groups in total. The molecule has 0 radical (unpaired) electrons. The average molecular weight is 248 g/mol. The van der Waals surface area contributed by atoms with E-state index in [9.17, 15) is 0 Å². The van der Waals surface area contributed by atoms with Gasteiger partial charge in [-0.25, -0.2) is 0 Å². The molecule has 2 heteroatoms. The molecule has 2 nitrogen and oxygen atoms in total. The van der Waals surface area contributed by atoms with E-state index in [-0.39, 0.29) is 6.04 Å². The van der Waals surface area contributed by atoms with Gasteiger partial charge in [0.05, 0.1) is 0 Å². The number of unbranched alkanes of at least 4 members (excludes halogenated alkanes) is 5. The van der Waals surface area contributed by atoms with Gasteiger partial charge in [-0.1, -0.05) is 52.4 Å². The fourth-order valence-electron chi connectivity index (χ4n) is 2.32. The lowest BCUT2D eigenvalue weighted by molar-refractivity contribution is 0.487. The lowest BCUT2D eigenvalue weighted by Crippen LogP contribution is -2.26. The Morgan fingerprint density at radius 1 is 1.06 bits per heavy atom. The van der Waals surface area contributed by atoms with Gasteiger partial charge in [-0.05, 0) is 30.0 Å². The fraction of sp³-hybridized carbons (Fsp3) is 0.688. The molecule has 18 heavy (non-hydrogen) atoms. The summed E-state index contributed by atoms with van der Waals surface area (Å²) in [5.74, 6) is 0.434. The third-order valence-corrected chi connectivity index (χ3v) is 3.77. The Morgan fingerprint density at radius 3 is 2.33 bits per heavy atom. The molecule has 102 valence electrons. The van der Waals surface area contributed by atoms with Gasteiger partial charge in [-0.2, -0.15) is 0 Å². The van der Waals surface area contributed by atoms with Gasteiger partial charge in [0.25, 0.3) is 0 Å². The summed E-state index contributed by atoms with van der Waals surface area (Å²) in [6, 6.07) is 4.43. The summed E-state index contributed by atoms with van der Waals surface area (Å²) in [7, 11) is 0. The Labute approximate surface area is 112 Å². The maximum atomic E-state index is 6.27. The van der Waals surface area contributed by atoms with E-state index in [2.05, 4.69) is 31.0 Å². The number of aromatic nitrogens is 1. The van der Waals surface area contributed by atoms with E-state index in [0.29, 0.717) is 5.92 Å². The number of hydrogen-bond donors (Lipinski definition) is 1. The lowest BCUT2D eigenvalue weighted by atomic mass is 9.91. The van der Waals surface area contributed by atoms with Gasteiger partial charge >= 0.3 is 0 Å². The Balaban J connectivity index is 2.18. The monoisotopic (exact) mass is 248 g/mol. The molecule has 0 fully saturated rings. The smallest absolute Gasteiger partial charge is 0.0270 e. The predicted molar refractivity (Wildman–Crippen MR) is 78.6 cm³/mol. The molecule has 0 amide bonds. The number of hydrogen-bond acceptors (Lipinski definition) is 2. The Hall–Kier alpha value is -0.890. The summed E-state index contributed by atoms with van der Waals surface area (Å²) >= 11 is 0. The third-order valence-electron chi connectivity index (χ3n) is 3.77. The van der Waals surface area contributed by atoms with Crippen molar-refractivity contribution in [2.45, 2.75) is 70.8 Å². The van der Waals surface area contributed by atoms with Crippen LogP contribution in [0.3, 0.4) is 0 Å². The van der Waals surface area contributed by atoms with Crippen LogP contribution in [0.2, 0.25) is 0 Å². The molecule has 0 saturated carbocycles. The van der Waals surface area contributed by atoms with Crippen LogP contribution >= 0.6 is 0 Å². The lowest BCUT2D eigenvalue weighted by Gasteiger charge is -2.20. The van der Waals surface area contributed by atoms with E-state index < -0.39 is 0 Å². The van der Waals surface area contributed by atoms with Crippen molar-refractivity contribution in [1.82, 2.24) is 4.98 Å². The molecule has 1 heterocycles. The number of nitrogens with two attached hydrogens (primary N) is 1. The molecule has 1 aromatic rings. The first-order valence-corrected chi connectivity index (χ1v) is 7.41. The molecule has 1 rings (SSSR count). The molecule has 0 aliphatic rings. The van der Waals surface area contributed by atoms with E-state index in [1.165, 1.54) is 44.1 Å². The maximum absolute atomic E-state index is 6.27. The normalized spacial score (nSPS) is 14.4. The van der Waals surface area contributed by atoms with E-state index in [1.807, 2.05) is 12.4 Å². The summed E-state index contributed by atoms with van der Waals surface area (Å²) in [5.41, 5.74) is 7.58. The minimum atomic E-state index is 0.276. The molecule has 0 aliphatic carbocycles. The van der Waals surface area contributed by atoms with Crippen LogP contribution in [0.5, 0.6) is 0 Å². The van der Waals surface area contributed by atoms with Crippen LogP contribution in [-0.4, -0.2) is 11.0 Å². The Bertz CT molecular complexity index is 297. The highest BCUT2D eigenvalue weighted by Crippen LogP contribution is 2.20. The van der Waals surface area contributed by atoms with Crippen LogP contribution in [-0.2, 0) is 0 Å².